The molecule has 0 aliphatic heterocycles. The van der Waals surface area contributed by atoms with Crippen molar-refractivity contribution in [1.29, 1.82) is 0 Å². The first kappa shape index (κ1) is 13.0. The summed E-state index contributed by atoms with van der Waals surface area (Å²) in [5, 5.41) is 2.97. The highest BCUT2D eigenvalue weighted by Gasteiger charge is 2.14. The molecule has 2 heterocycles. The van der Waals surface area contributed by atoms with Crippen molar-refractivity contribution in [2.45, 2.75) is 0 Å². The minimum atomic E-state index is -0.504. The lowest BCUT2D eigenvalue weighted by Gasteiger charge is -2.07. The van der Waals surface area contributed by atoms with Gasteiger partial charge >= 0.3 is 0 Å². The lowest BCUT2D eigenvalue weighted by molar-refractivity contribution is 0.102. The molecule has 1 N–H and O–H groups in total. The van der Waals surface area contributed by atoms with Crippen LogP contribution < -0.4 is 5.32 Å². The third-order valence-electron chi connectivity index (χ3n) is 1.95. The van der Waals surface area contributed by atoms with Gasteiger partial charge in [0.25, 0.3) is 5.91 Å². The van der Waals surface area contributed by atoms with Crippen LogP contribution in [0.4, 0.5) is 5.69 Å². The van der Waals surface area contributed by atoms with Crippen LogP contribution in [0.5, 0.6) is 0 Å². The van der Waals surface area contributed by atoms with Gasteiger partial charge in [-0.2, -0.15) is 0 Å². The molecule has 2 aromatic rings. The minimum Gasteiger partial charge on any atom is -0.315 e. The van der Waals surface area contributed by atoms with Crippen LogP contribution in [-0.2, 0) is 0 Å². The molecular formula is C10H5Cl3N4O. The third kappa shape index (κ3) is 2.87. The molecule has 0 saturated carbocycles. The third-order valence-corrected chi connectivity index (χ3v) is 2.76. The van der Waals surface area contributed by atoms with Crippen LogP contribution in [0.3, 0.4) is 0 Å². The highest BCUT2D eigenvalue weighted by Crippen LogP contribution is 2.26. The summed E-state index contributed by atoms with van der Waals surface area (Å²) in [5.41, 5.74) is 0.270. The highest BCUT2D eigenvalue weighted by molar-refractivity contribution is 6.38. The van der Waals surface area contributed by atoms with E-state index in [4.69, 9.17) is 34.8 Å². The van der Waals surface area contributed by atoms with Crippen LogP contribution >= 0.6 is 34.8 Å². The molecular weight excluding hydrogens is 298 g/mol. The van der Waals surface area contributed by atoms with Crippen LogP contribution in [0, 0.1) is 0 Å². The van der Waals surface area contributed by atoms with Gasteiger partial charge in [-0.05, 0) is 12.1 Å². The molecule has 2 rings (SSSR count). The predicted octanol–water partition coefficient (Wildman–Crippen LogP) is 3.08. The zero-order valence-corrected chi connectivity index (χ0v) is 11.0. The Hall–Kier alpha value is -1.43. The maximum atomic E-state index is 11.9. The van der Waals surface area contributed by atoms with E-state index >= 15 is 0 Å². The van der Waals surface area contributed by atoms with E-state index in [-0.39, 0.29) is 21.7 Å². The van der Waals surface area contributed by atoms with Crippen molar-refractivity contribution < 1.29 is 4.79 Å². The predicted molar refractivity (Wildman–Crippen MR) is 69.3 cm³/mol. The Bertz CT molecular complexity index is 585. The van der Waals surface area contributed by atoms with Gasteiger partial charge in [-0.1, -0.05) is 34.8 Å². The summed E-state index contributed by atoms with van der Waals surface area (Å²) in [6, 6.07) is 2.98. The van der Waals surface area contributed by atoms with Crippen molar-refractivity contribution in [3.8, 4) is 0 Å². The molecule has 0 saturated heterocycles. The first-order valence-electron chi connectivity index (χ1n) is 4.67. The van der Waals surface area contributed by atoms with E-state index in [1.165, 1.54) is 18.6 Å². The molecule has 0 aliphatic rings. The number of carbonyl (C=O) groups is 1. The number of nitrogens with zero attached hydrogens (tertiary/aromatic N) is 3. The van der Waals surface area contributed by atoms with Crippen molar-refractivity contribution in [2.24, 2.45) is 0 Å². The van der Waals surface area contributed by atoms with Gasteiger partial charge in [0.1, 0.15) is 17.7 Å². The smallest absolute Gasteiger partial charge is 0.274 e. The van der Waals surface area contributed by atoms with E-state index in [0.29, 0.717) is 5.02 Å². The molecule has 0 atom stereocenters. The van der Waals surface area contributed by atoms with Crippen molar-refractivity contribution in [3.05, 3.63) is 45.7 Å². The Labute approximate surface area is 117 Å². The fraction of sp³-hybridized carbons (Fsp3) is 0. The minimum absolute atomic E-state index is 0.0466. The number of rotatable bonds is 2. The first-order valence-corrected chi connectivity index (χ1v) is 5.80. The second-order valence-corrected chi connectivity index (χ2v) is 4.30. The van der Waals surface area contributed by atoms with E-state index in [2.05, 4.69) is 20.3 Å². The Morgan fingerprint density at radius 2 is 1.78 bits per heavy atom. The standard InChI is InChI=1S/C10H5Cl3N4O/c11-5-1-2-14-6(3-5)10(18)17-7-8(12)15-4-16-9(7)13/h1-4H,(H,17,18). The largest absolute Gasteiger partial charge is 0.315 e. The van der Waals surface area contributed by atoms with Gasteiger partial charge in [-0.3, -0.25) is 9.78 Å². The van der Waals surface area contributed by atoms with E-state index in [9.17, 15) is 4.79 Å². The molecule has 5 nitrogen and oxygen atoms in total. The van der Waals surface area contributed by atoms with Crippen LogP contribution in [0.2, 0.25) is 15.3 Å². The molecule has 0 radical (unpaired) electrons. The van der Waals surface area contributed by atoms with Crippen molar-refractivity contribution in [2.75, 3.05) is 5.32 Å². The number of nitrogens with one attached hydrogen (secondary N) is 1. The molecule has 0 spiro atoms. The molecule has 0 bridgehead atoms. The maximum Gasteiger partial charge on any atom is 0.274 e. The summed E-state index contributed by atoms with van der Waals surface area (Å²) in [4.78, 5) is 23.2. The average Bonchev–Trinajstić information content (AvgIpc) is 2.34. The monoisotopic (exact) mass is 302 g/mol. The topological polar surface area (TPSA) is 67.8 Å². The van der Waals surface area contributed by atoms with Gasteiger partial charge < -0.3 is 5.32 Å². The van der Waals surface area contributed by atoms with Gasteiger partial charge in [0, 0.05) is 11.2 Å². The van der Waals surface area contributed by atoms with Crippen molar-refractivity contribution in [3.63, 3.8) is 0 Å². The first-order chi connectivity index (χ1) is 8.58. The fourth-order valence-electron chi connectivity index (χ4n) is 1.15. The zero-order chi connectivity index (χ0) is 13.1. The summed E-state index contributed by atoms with van der Waals surface area (Å²) < 4.78 is 0. The summed E-state index contributed by atoms with van der Waals surface area (Å²) >= 11 is 17.3. The zero-order valence-electron chi connectivity index (χ0n) is 8.69. The highest BCUT2D eigenvalue weighted by atomic mass is 35.5. The number of anilines is 1. The SMILES string of the molecule is O=C(Nc1c(Cl)ncnc1Cl)c1cc(Cl)ccn1. The van der Waals surface area contributed by atoms with Gasteiger partial charge in [0.2, 0.25) is 0 Å². The number of pyridine rings is 1. The Kier molecular flexibility index (Phi) is 3.96. The molecule has 92 valence electrons. The van der Waals surface area contributed by atoms with Crippen LogP contribution in [0.1, 0.15) is 10.5 Å². The normalized spacial score (nSPS) is 10.2. The van der Waals surface area contributed by atoms with E-state index in [1.54, 1.807) is 6.07 Å². The Morgan fingerprint density at radius 1 is 1.11 bits per heavy atom. The van der Waals surface area contributed by atoms with E-state index in [1.807, 2.05) is 0 Å². The van der Waals surface area contributed by atoms with Crippen LogP contribution in [0.25, 0.3) is 0 Å². The van der Waals surface area contributed by atoms with E-state index in [0.717, 1.165) is 0 Å². The average molecular weight is 304 g/mol. The van der Waals surface area contributed by atoms with Gasteiger partial charge in [-0.15, -0.1) is 0 Å². The van der Waals surface area contributed by atoms with Gasteiger partial charge in [0.05, 0.1) is 0 Å². The van der Waals surface area contributed by atoms with Gasteiger partial charge in [-0.25, -0.2) is 9.97 Å². The van der Waals surface area contributed by atoms with Crippen LogP contribution in [0.15, 0.2) is 24.7 Å². The number of hydrogen-bond acceptors (Lipinski definition) is 4. The second kappa shape index (κ2) is 5.48. The number of aromatic nitrogens is 3. The lowest BCUT2D eigenvalue weighted by Crippen LogP contribution is -2.14. The van der Waals surface area contributed by atoms with Crippen LogP contribution in [-0.4, -0.2) is 20.9 Å². The molecule has 1 amide bonds. The molecule has 2 aromatic heterocycles. The Balaban J connectivity index is 2.27. The summed E-state index contributed by atoms with van der Waals surface area (Å²) in [6.45, 7) is 0. The maximum absolute atomic E-state index is 11.9. The number of carbonyl (C=O) groups excluding carboxylic acids is 1. The molecule has 0 unspecified atom stereocenters. The molecule has 0 aliphatic carbocycles. The molecule has 0 fully saturated rings. The molecule has 8 heteroatoms. The summed E-state index contributed by atoms with van der Waals surface area (Å²) in [7, 11) is 0. The Morgan fingerprint density at radius 3 is 2.39 bits per heavy atom. The number of amides is 1. The van der Waals surface area contributed by atoms with Crippen molar-refractivity contribution >= 4 is 46.4 Å². The summed E-state index contributed by atoms with van der Waals surface area (Å²) in [6.07, 6.45) is 2.61. The van der Waals surface area contributed by atoms with Gasteiger partial charge in [0.15, 0.2) is 10.3 Å². The lowest BCUT2D eigenvalue weighted by atomic mass is 10.3. The fourth-order valence-corrected chi connectivity index (χ4v) is 1.72. The molecule has 0 aromatic carbocycles. The summed E-state index contributed by atoms with van der Waals surface area (Å²) in [5.74, 6) is -0.504. The van der Waals surface area contributed by atoms with E-state index < -0.39 is 5.91 Å². The molecule has 18 heavy (non-hydrogen) atoms. The quantitative estimate of drug-likeness (QED) is 0.866. The number of hydrogen-bond donors (Lipinski definition) is 1. The second-order valence-electron chi connectivity index (χ2n) is 3.14. The number of halogens is 3. The van der Waals surface area contributed by atoms with Crippen molar-refractivity contribution in [1.82, 2.24) is 15.0 Å².